The van der Waals surface area contributed by atoms with E-state index in [0.717, 1.165) is 11.5 Å². The number of hydrogen-bond donors (Lipinski definition) is 3. The molecule has 0 radical (unpaired) electrons. The SMILES string of the molecule is CCC1OC1NNC(=O)C1CCC2CN1C(=O)N2O. The Morgan fingerprint density at radius 2 is 2.32 bits per heavy atom. The van der Waals surface area contributed by atoms with E-state index in [-0.39, 0.29) is 24.3 Å². The van der Waals surface area contributed by atoms with E-state index < -0.39 is 12.1 Å². The highest BCUT2D eigenvalue weighted by atomic mass is 16.6. The zero-order chi connectivity index (χ0) is 13.6. The molecule has 0 aromatic rings. The van der Waals surface area contributed by atoms with Gasteiger partial charge in [0.05, 0.1) is 6.04 Å². The third kappa shape index (κ3) is 2.15. The maximum atomic E-state index is 12.0. The van der Waals surface area contributed by atoms with Crippen LogP contribution in [0.5, 0.6) is 0 Å². The molecule has 4 unspecified atom stereocenters. The summed E-state index contributed by atoms with van der Waals surface area (Å²) >= 11 is 0. The first-order valence-corrected chi connectivity index (χ1v) is 6.61. The first-order chi connectivity index (χ1) is 9.11. The Bertz CT molecular complexity index is 404. The summed E-state index contributed by atoms with van der Waals surface area (Å²) < 4.78 is 5.25. The maximum Gasteiger partial charge on any atom is 0.344 e. The number of nitrogens with one attached hydrogen (secondary N) is 2. The number of rotatable bonds is 4. The van der Waals surface area contributed by atoms with Crippen molar-refractivity contribution < 1.29 is 19.5 Å². The molecule has 19 heavy (non-hydrogen) atoms. The Morgan fingerprint density at radius 1 is 1.53 bits per heavy atom. The number of ether oxygens (including phenoxy) is 1. The second-order valence-corrected chi connectivity index (χ2v) is 5.16. The van der Waals surface area contributed by atoms with Gasteiger partial charge in [-0.25, -0.2) is 15.3 Å². The lowest BCUT2D eigenvalue weighted by atomic mass is 10.0. The molecule has 2 bridgehead atoms. The number of epoxide rings is 1. The summed E-state index contributed by atoms with van der Waals surface area (Å²) in [6.45, 7) is 2.42. The number of hydrogen-bond acceptors (Lipinski definition) is 5. The van der Waals surface area contributed by atoms with Crippen LogP contribution in [0.3, 0.4) is 0 Å². The van der Waals surface area contributed by atoms with E-state index >= 15 is 0 Å². The predicted octanol–water partition coefficient (Wildman–Crippen LogP) is -0.600. The lowest BCUT2D eigenvalue weighted by Crippen LogP contribution is -2.53. The topological polar surface area (TPSA) is 97.4 Å². The molecular weight excluding hydrogens is 252 g/mol. The van der Waals surface area contributed by atoms with Gasteiger partial charge in [0.2, 0.25) is 0 Å². The smallest absolute Gasteiger partial charge is 0.344 e. The van der Waals surface area contributed by atoms with Crippen LogP contribution in [0.1, 0.15) is 26.2 Å². The Hall–Kier alpha value is -1.38. The van der Waals surface area contributed by atoms with E-state index in [9.17, 15) is 14.8 Å². The van der Waals surface area contributed by atoms with Gasteiger partial charge in [0.25, 0.3) is 5.91 Å². The molecule has 3 fully saturated rings. The molecule has 3 amide bonds. The van der Waals surface area contributed by atoms with Crippen molar-refractivity contribution in [1.82, 2.24) is 20.8 Å². The predicted molar refractivity (Wildman–Crippen MR) is 62.8 cm³/mol. The highest BCUT2D eigenvalue weighted by Gasteiger charge is 2.47. The summed E-state index contributed by atoms with van der Waals surface area (Å²) in [5.41, 5.74) is 5.39. The Kier molecular flexibility index (Phi) is 3.08. The fourth-order valence-electron chi connectivity index (χ4n) is 2.73. The molecule has 3 heterocycles. The van der Waals surface area contributed by atoms with Crippen molar-refractivity contribution in [2.75, 3.05) is 6.54 Å². The van der Waals surface area contributed by atoms with Crippen molar-refractivity contribution in [2.45, 2.75) is 50.6 Å². The molecule has 3 rings (SSSR count). The summed E-state index contributed by atoms with van der Waals surface area (Å²) in [4.78, 5) is 25.2. The highest BCUT2D eigenvalue weighted by molar-refractivity contribution is 5.88. The standard InChI is InChI=1S/C11H18N4O4/c1-2-8-10(19-8)13-12-9(16)7-4-3-6-5-14(7)11(17)15(6)18/h6-8,10,13,18H,2-5H2,1H3,(H,12,16). The fraction of sp³-hybridized carbons (Fsp3) is 0.818. The van der Waals surface area contributed by atoms with Crippen LogP contribution in [0.25, 0.3) is 0 Å². The Labute approximate surface area is 110 Å². The molecule has 3 N–H and O–H groups in total. The summed E-state index contributed by atoms with van der Waals surface area (Å²) in [5.74, 6) is -0.257. The molecule has 0 aromatic carbocycles. The second kappa shape index (κ2) is 4.62. The molecule has 0 spiro atoms. The number of amides is 3. The number of urea groups is 1. The number of fused-ring (bicyclic) bond motifs is 2. The van der Waals surface area contributed by atoms with Gasteiger partial charge in [0, 0.05) is 6.54 Å². The Balaban J connectivity index is 1.54. The first-order valence-electron chi connectivity index (χ1n) is 6.61. The van der Waals surface area contributed by atoms with E-state index in [2.05, 4.69) is 10.9 Å². The third-order valence-corrected chi connectivity index (χ3v) is 3.97. The summed E-state index contributed by atoms with van der Waals surface area (Å²) in [6, 6.07) is -1.19. The van der Waals surface area contributed by atoms with Crippen LogP contribution in [0.15, 0.2) is 0 Å². The van der Waals surface area contributed by atoms with Crippen LogP contribution >= 0.6 is 0 Å². The van der Waals surface area contributed by atoms with Gasteiger partial charge in [0.1, 0.15) is 12.1 Å². The van der Waals surface area contributed by atoms with Crippen LogP contribution in [0.2, 0.25) is 0 Å². The molecule has 0 saturated carbocycles. The van der Waals surface area contributed by atoms with Gasteiger partial charge in [0.15, 0.2) is 6.23 Å². The maximum absolute atomic E-state index is 12.0. The molecular formula is C11H18N4O4. The number of carbonyl (C=O) groups excluding carboxylic acids is 2. The second-order valence-electron chi connectivity index (χ2n) is 5.16. The zero-order valence-electron chi connectivity index (χ0n) is 10.7. The van der Waals surface area contributed by atoms with Crippen molar-refractivity contribution >= 4 is 11.9 Å². The van der Waals surface area contributed by atoms with Crippen LogP contribution in [0, 0.1) is 0 Å². The van der Waals surface area contributed by atoms with E-state index in [4.69, 9.17) is 4.74 Å². The molecule has 0 aromatic heterocycles. The highest BCUT2D eigenvalue weighted by Crippen LogP contribution is 2.28. The molecule has 0 aliphatic carbocycles. The van der Waals surface area contributed by atoms with Crippen molar-refractivity contribution in [2.24, 2.45) is 0 Å². The van der Waals surface area contributed by atoms with Crippen LogP contribution in [-0.2, 0) is 9.53 Å². The normalized spacial score (nSPS) is 36.6. The minimum atomic E-state index is -0.521. The van der Waals surface area contributed by atoms with E-state index in [1.807, 2.05) is 6.92 Å². The van der Waals surface area contributed by atoms with E-state index in [1.165, 1.54) is 4.90 Å². The summed E-state index contributed by atoms with van der Waals surface area (Å²) in [6.07, 6.45) is 2.10. The van der Waals surface area contributed by atoms with Gasteiger partial charge in [-0.1, -0.05) is 6.92 Å². The minimum Gasteiger partial charge on any atom is -0.352 e. The number of hydroxylamine groups is 2. The minimum absolute atomic E-state index is 0.131. The monoisotopic (exact) mass is 270 g/mol. The van der Waals surface area contributed by atoms with Crippen molar-refractivity contribution in [3.8, 4) is 0 Å². The van der Waals surface area contributed by atoms with Gasteiger partial charge in [-0.15, -0.1) is 0 Å². The van der Waals surface area contributed by atoms with Gasteiger partial charge in [-0.2, -0.15) is 0 Å². The van der Waals surface area contributed by atoms with Gasteiger partial charge in [-0.3, -0.25) is 15.4 Å². The first kappa shape index (κ1) is 12.6. The lowest BCUT2D eigenvalue weighted by Gasteiger charge is -2.29. The van der Waals surface area contributed by atoms with Crippen molar-refractivity contribution in [1.29, 1.82) is 0 Å². The van der Waals surface area contributed by atoms with Gasteiger partial charge in [-0.05, 0) is 19.3 Å². The van der Waals surface area contributed by atoms with Crippen LogP contribution in [-0.4, -0.2) is 58.1 Å². The fourth-order valence-corrected chi connectivity index (χ4v) is 2.73. The average Bonchev–Trinajstić information content (AvgIpc) is 3.17. The molecule has 8 heteroatoms. The summed E-state index contributed by atoms with van der Waals surface area (Å²) in [5, 5.41) is 10.3. The molecule has 4 atom stereocenters. The molecule has 3 aliphatic heterocycles. The van der Waals surface area contributed by atoms with Gasteiger partial charge >= 0.3 is 6.03 Å². The van der Waals surface area contributed by atoms with Crippen molar-refractivity contribution in [3.05, 3.63) is 0 Å². The number of hydrazine groups is 1. The van der Waals surface area contributed by atoms with Gasteiger partial charge < -0.3 is 9.64 Å². The molecule has 8 nitrogen and oxygen atoms in total. The number of carbonyl (C=O) groups is 2. The lowest BCUT2D eigenvalue weighted by molar-refractivity contribution is -0.127. The largest absolute Gasteiger partial charge is 0.352 e. The summed E-state index contributed by atoms with van der Waals surface area (Å²) in [7, 11) is 0. The van der Waals surface area contributed by atoms with E-state index in [0.29, 0.717) is 19.4 Å². The van der Waals surface area contributed by atoms with E-state index in [1.54, 1.807) is 0 Å². The third-order valence-electron chi connectivity index (χ3n) is 3.97. The number of piperidine rings is 1. The van der Waals surface area contributed by atoms with Crippen molar-refractivity contribution in [3.63, 3.8) is 0 Å². The average molecular weight is 270 g/mol. The number of nitrogens with zero attached hydrogens (tertiary/aromatic N) is 2. The van der Waals surface area contributed by atoms with Crippen LogP contribution in [0.4, 0.5) is 4.79 Å². The Morgan fingerprint density at radius 3 is 3.00 bits per heavy atom. The molecule has 106 valence electrons. The zero-order valence-corrected chi connectivity index (χ0v) is 10.7. The molecule has 3 saturated heterocycles. The molecule has 3 aliphatic rings. The van der Waals surface area contributed by atoms with Crippen LogP contribution < -0.4 is 10.9 Å². The quantitative estimate of drug-likeness (QED) is 0.360.